The van der Waals surface area contributed by atoms with E-state index in [-0.39, 0.29) is 15.5 Å². The van der Waals surface area contributed by atoms with E-state index >= 15 is 0 Å². The van der Waals surface area contributed by atoms with E-state index in [1.165, 1.54) is 16.4 Å². The predicted molar refractivity (Wildman–Crippen MR) is 77.9 cm³/mol. The van der Waals surface area contributed by atoms with Crippen molar-refractivity contribution in [3.8, 4) is 6.07 Å². The zero-order chi connectivity index (χ0) is 14.8. The second kappa shape index (κ2) is 6.13. The third-order valence-electron chi connectivity index (χ3n) is 3.74. The summed E-state index contributed by atoms with van der Waals surface area (Å²) in [6.45, 7) is 3.07. The minimum absolute atomic E-state index is 0.0547. The molecule has 1 aromatic rings. The van der Waals surface area contributed by atoms with Gasteiger partial charge in [-0.1, -0.05) is 31.0 Å². The van der Waals surface area contributed by atoms with Gasteiger partial charge in [0.15, 0.2) is 0 Å². The molecule has 6 heteroatoms. The Kier molecular flexibility index (Phi) is 4.69. The Bertz CT molecular complexity index is 637. The number of piperidine rings is 1. The summed E-state index contributed by atoms with van der Waals surface area (Å²) in [7, 11) is -3.70. The van der Waals surface area contributed by atoms with Crippen LogP contribution in [0.3, 0.4) is 0 Å². The summed E-state index contributed by atoms with van der Waals surface area (Å²) < 4.78 is 26.9. The number of rotatable bonds is 3. The summed E-state index contributed by atoms with van der Waals surface area (Å²) in [6, 6.07) is 6.50. The van der Waals surface area contributed by atoms with Crippen LogP contribution in [-0.4, -0.2) is 25.8 Å². The summed E-state index contributed by atoms with van der Waals surface area (Å²) >= 11 is 6.03. The van der Waals surface area contributed by atoms with Gasteiger partial charge in [0, 0.05) is 13.1 Å². The highest BCUT2D eigenvalue weighted by Crippen LogP contribution is 2.31. The van der Waals surface area contributed by atoms with Crippen LogP contribution in [0.4, 0.5) is 0 Å². The largest absolute Gasteiger partial charge is 0.245 e. The van der Waals surface area contributed by atoms with Crippen LogP contribution in [0.5, 0.6) is 0 Å². The average Bonchev–Trinajstić information content (AvgIpc) is 2.46. The summed E-state index contributed by atoms with van der Waals surface area (Å²) in [6.07, 6.45) is 2.86. The summed E-state index contributed by atoms with van der Waals surface area (Å²) in [5, 5.41) is 9.22. The van der Waals surface area contributed by atoms with Crippen molar-refractivity contribution in [2.24, 2.45) is 5.92 Å². The second-order valence-corrected chi connectivity index (χ2v) is 7.29. The van der Waals surface area contributed by atoms with Crippen molar-refractivity contribution < 1.29 is 8.42 Å². The normalized spacial score (nSPS) is 20.6. The van der Waals surface area contributed by atoms with E-state index in [1.807, 2.05) is 6.07 Å². The lowest BCUT2D eigenvalue weighted by Gasteiger charge is -2.31. The molecule has 0 N–H and O–H groups in total. The third-order valence-corrected chi connectivity index (χ3v) is 6.14. The highest BCUT2D eigenvalue weighted by molar-refractivity contribution is 7.89. The molecule has 0 bridgehead atoms. The molecule has 1 atom stereocenters. The minimum atomic E-state index is -3.70. The van der Waals surface area contributed by atoms with Crippen LogP contribution in [0.2, 0.25) is 5.02 Å². The number of sulfonamides is 1. The van der Waals surface area contributed by atoms with Crippen molar-refractivity contribution in [3.05, 3.63) is 28.8 Å². The Balaban J connectivity index is 2.43. The molecule has 0 saturated carbocycles. The number of nitrogens with zero attached hydrogens (tertiary/aromatic N) is 2. The van der Waals surface area contributed by atoms with Gasteiger partial charge in [-0.3, -0.25) is 0 Å². The molecular weight excluding hydrogens is 296 g/mol. The zero-order valence-electron chi connectivity index (χ0n) is 11.3. The van der Waals surface area contributed by atoms with Crippen molar-refractivity contribution in [1.82, 2.24) is 4.31 Å². The van der Waals surface area contributed by atoms with E-state index in [2.05, 4.69) is 6.92 Å². The SMILES string of the molecule is CC[C@H]1CCCN(S(=O)(=O)c2c(Cl)cccc2C#N)C1. The number of hydrogen-bond acceptors (Lipinski definition) is 3. The fraction of sp³-hybridized carbons (Fsp3) is 0.500. The molecule has 108 valence electrons. The molecule has 1 fully saturated rings. The van der Waals surface area contributed by atoms with Gasteiger partial charge in [0.1, 0.15) is 11.0 Å². The lowest BCUT2D eigenvalue weighted by molar-refractivity contribution is 0.261. The quantitative estimate of drug-likeness (QED) is 0.862. The van der Waals surface area contributed by atoms with Crippen molar-refractivity contribution in [3.63, 3.8) is 0 Å². The Labute approximate surface area is 125 Å². The molecule has 1 saturated heterocycles. The van der Waals surface area contributed by atoms with E-state index < -0.39 is 10.0 Å². The first-order valence-electron chi connectivity index (χ1n) is 6.69. The van der Waals surface area contributed by atoms with Gasteiger partial charge in [-0.25, -0.2) is 8.42 Å². The summed E-state index contributed by atoms with van der Waals surface area (Å²) in [5.74, 6) is 0.381. The zero-order valence-corrected chi connectivity index (χ0v) is 12.9. The van der Waals surface area contributed by atoms with Crippen LogP contribution in [0.15, 0.2) is 23.1 Å². The summed E-state index contributed by atoms with van der Waals surface area (Å²) in [5.41, 5.74) is 0.108. The number of nitriles is 1. The van der Waals surface area contributed by atoms with E-state index in [9.17, 15) is 8.42 Å². The fourth-order valence-electron chi connectivity index (χ4n) is 2.57. The van der Waals surface area contributed by atoms with Crippen molar-refractivity contribution in [2.75, 3.05) is 13.1 Å². The molecule has 0 radical (unpaired) electrons. The molecule has 0 amide bonds. The monoisotopic (exact) mass is 312 g/mol. The van der Waals surface area contributed by atoms with Crippen molar-refractivity contribution >= 4 is 21.6 Å². The molecule has 1 aliphatic heterocycles. The van der Waals surface area contributed by atoms with Crippen LogP contribution in [0.1, 0.15) is 31.7 Å². The smallest absolute Gasteiger partial charge is 0.207 e. The maximum Gasteiger partial charge on any atom is 0.245 e. The number of halogens is 1. The maximum atomic E-state index is 12.7. The van der Waals surface area contributed by atoms with Gasteiger partial charge in [0.25, 0.3) is 0 Å². The van der Waals surface area contributed by atoms with Crippen LogP contribution in [0.25, 0.3) is 0 Å². The van der Waals surface area contributed by atoms with Crippen molar-refractivity contribution in [2.45, 2.75) is 31.1 Å². The third kappa shape index (κ3) is 2.83. The van der Waals surface area contributed by atoms with Crippen molar-refractivity contribution in [1.29, 1.82) is 5.26 Å². The van der Waals surface area contributed by atoms with Gasteiger partial charge < -0.3 is 0 Å². The minimum Gasteiger partial charge on any atom is -0.207 e. The van der Waals surface area contributed by atoms with Gasteiger partial charge in [0.2, 0.25) is 10.0 Å². The Hall–Kier alpha value is -1.09. The topological polar surface area (TPSA) is 61.2 Å². The van der Waals surface area contributed by atoms with Gasteiger partial charge in [0.05, 0.1) is 10.6 Å². The van der Waals surface area contributed by atoms with Crippen LogP contribution >= 0.6 is 11.6 Å². The average molecular weight is 313 g/mol. The first-order chi connectivity index (χ1) is 9.50. The van der Waals surface area contributed by atoms with Gasteiger partial charge in [-0.2, -0.15) is 9.57 Å². The molecule has 0 spiro atoms. The fourth-order valence-corrected chi connectivity index (χ4v) is 4.77. The van der Waals surface area contributed by atoms with Crippen LogP contribution < -0.4 is 0 Å². The molecule has 0 aliphatic carbocycles. The van der Waals surface area contributed by atoms with Gasteiger partial charge in [-0.15, -0.1) is 0 Å². The number of benzene rings is 1. The molecule has 2 rings (SSSR count). The first-order valence-corrected chi connectivity index (χ1v) is 8.51. The Morgan fingerprint density at radius 2 is 2.25 bits per heavy atom. The summed E-state index contributed by atoms with van der Waals surface area (Å²) in [4.78, 5) is -0.0547. The van der Waals surface area contributed by atoms with E-state index in [0.29, 0.717) is 19.0 Å². The lowest BCUT2D eigenvalue weighted by Crippen LogP contribution is -2.40. The Morgan fingerprint density at radius 1 is 1.50 bits per heavy atom. The predicted octanol–water partition coefficient (Wildman–Crippen LogP) is 3.02. The number of hydrogen-bond donors (Lipinski definition) is 0. The standard InChI is InChI=1S/C14H17ClN2O2S/c1-2-11-5-4-8-17(10-11)20(18,19)14-12(9-16)6-3-7-13(14)15/h3,6-7,11H,2,4-5,8,10H2,1H3/t11-/m0/s1. The molecule has 1 aliphatic rings. The molecule has 1 aromatic carbocycles. The second-order valence-electron chi connectivity index (χ2n) is 5.01. The highest BCUT2D eigenvalue weighted by Gasteiger charge is 2.32. The molecule has 1 heterocycles. The molecule has 0 aromatic heterocycles. The van der Waals surface area contributed by atoms with Gasteiger partial charge >= 0.3 is 0 Å². The van der Waals surface area contributed by atoms with E-state index in [1.54, 1.807) is 6.07 Å². The molecule has 0 unspecified atom stereocenters. The van der Waals surface area contributed by atoms with Crippen LogP contribution in [0, 0.1) is 17.2 Å². The highest BCUT2D eigenvalue weighted by atomic mass is 35.5. The first kappa shape index (κ1) is 15.3. The lowest BCUT2D eigenvalue weighted by atomic mass is 9.97. The Morgan fingerprint density at radius 3 is 2.90 bits per heavy atom. The maximum absolute atomic E-state index is 12.7. The van der Waals surface area contributed by atoms with Gasteiger partial charge in [-0.05, 0) is 30.9 Å². The van der Waals surface area contributed by atoms with E-state index in [0.717, 1.165) is 19.3 Å². The molecule has 20 heavy (non-hydrogen) atoms. The molecule has 4 nitrogen and oxygen atoms in total. The molecular formula is C14H17ClN2O2S. The van der Waals surface area contributed by atoms with Crippen LogP contribution in [-0.2, 0) is 10.0 Å². The van der Waals surface area contributed by atoms with E-state index in [4.69, 9.17) is 16.9 Å².